The quantitative estimate of drug-likeness (QED) is 0.389. The minimum atomic E-state index is 1.22. The molecule has 0 heteroatoms. The van der Waals surface area contributed by atoms with Gasteiger partial charge in [0, 0.05) is 0 Å². The Morgan fingerprint density at radius 1 is 0.750 bits per heavy atom. The molecule has 0 saturated heterocycles. The maximum absolute atomic E-state index is 2.33. The van der Waals surface area contributed by atoms with Gasteiger partial charge in [-0.15, -0.1) is 0 Å². The van der Waals surface area contributed by atoms with E-state index in [9.17, 15) is 0 Å². The highest BCUT2D eigenvalue weighted by molar-refractivity contribution is 5.49. The number of hydrogen-bond acceptors (Lipinski definition) is 0. The van der Waals surface area contributed by atoms with E-state index in [2.05, 4.69) is 50.3 Å². The van der Waals surface area contributed by atoms with Gasteiger partial charge in [-0.05, 0) is 36.8 Å². The summed E-state index contributed by atoms with van der Waals surface area (Å²) >= 11 is 0. The van der Waals surface area contributed by atoms with Crippen LogP contribution in [0.1, 0.15) is 82.8 Å². The molecule has 0 saturated carbocycles. The van der Waals surface area contributed by atoms with Crippen LogP contribution in [-0.4, -0.2) is 0 Å². The normalized spacial score (nSPS) is 11.3. The van der Waals surface area contributed by atoms with E-state index in [0.29, 0.717) is 0 Å². The number of allylic oxidation sites excluding steroid dienone is 1. The van der Waals surface area contributed by atoms with Crippen LogP contribution in [0, 0.1) is 0 Å². The van der Waals surface area contributed by atoms with Crippen LogP contribution >= 0.6 is 0 Å². The number of rotatable bonds is 11. The fourth-order valence-electron chi connectivity index (χ4n) is 2.46. The summed E-state index contributed by atoms with van der Waals surface area (Å²) in [5.41, 5.74) is 2.83. The molecule has 112 valence electrons. The first-order valence-corrected chi connectivity index (χ1v) is 8.62. The van der Waals surface area contributed by atoms with Gasteiger partial charge < -0.3 is 0 Å². The van der Waals surface area contributed by atoms with E-state index in [1.54, 1.807) is 0 Å². The molecule has 1 rings (SSSR count). The molecule has 0 bridgehead atoms. The van der Waals surface area contributed by atoms with Crippen molar-refractivity contribution in [3.8, 4) is 0 Å². The third-order valence-corrected chi connectivity index (χ3v) is 3.83. The van der Waals surface area contributed by atoms with Gasteiger partial charge in [0.2, 0.25) is 0 Å². The van der Waals surface area contributed by atoms with Crippen molar-refractivity contribution in [3.05, 3.63) is 41.5 Å². The molecule has 0 aliphatic rings. The minimum absolute atomic E-state index is 1.22. The van der Waals surface area contributed by atoms with Gasteiger partial charge in [0.1, 0.15) is 0 Å². The largest absolute Gasteiger partial charge is 0.0839 e. The molecule has 0 unspecified atom stereocenters. The second kappa shape index (κ2) is 11.8. The van der Waals surface area contributed by atoms with Crippen LogP contribution in [-0.2, 0) is 6.42 Å². The molecule has 0 heterocycles. The second-order valence-corrected chi connectivity index (χ2v) is 5.80. The Kier molecular flexibility index (Phi) is 10.0. The van der Waals surface area contributed by atoms with Crippen molar-refractivity contribution in [1.29, 1.82) is 0 Å². The van der Waals surface area contributed by atoms with Crippen molar-refractivity contribution in [1.82, 2.24) is 0 Å². The average Bonchev–Trinajstić information content (AvgIpc) is 2.49. The Morgan fingerprint density at radius 3 is 2.05 bits per heavy atom. The maximum atomic E-state index is 2.33. The minimum Gasteiger partial charge on any atom is -0.0839 e. The van der Waals surface area contributed by atoms with Crippen LogP contribution < -0.4 is 0 Å². The smallest absolute Gasteiger partial charge is 0.0260 e. The molecule has 0 aliphatic heterocycles. The van der Waals surface area contributed by atoms with Gasteiger partial charge in [-0.3, -0.25) is 0 Å². The predicted molar refractivity (Wildman–Crippen MR) is 92.1 cm³/mol. The van der Waals surface area contributed by atoms with Gasteiger partial charge in [-0.25, -0.2) is 0 Å². The van der Waals surface area contributed by atoms with Gasteiger partial charge >= 0.3 is 0 Å². The van der Waals surface area contributed by atoms with E-state index in [0.717, 1.165) is 0 Å². The predicted octanol–water partition coefficient (Wildman–Crippen LogP) is 6.79. The van der Waals surface area contributed by atoms with Crippen molar-refractivity contribution in [2.45, 2.75) is 78.1 Å². The Bertz CT molecular complexity index is 345. The summed E-state index contributed by atoms with van der Waals surface area (Å²) in [5.74, 6) is 0. The molecule has 0 aromatic heterocycles. The second-order valence-electron chi connectivity index (χ2n) is 5.80. The fourth-order valence-corrected chi connectivity index (χ4v) is 2.46. The highest BCUT2D eigenvalue weighted by Crippen LogP contribution is 2.11. The van der Waals surface area contributed by atoms with Crippen LogP contribution in [0.5, 0.6) is 0 Å². The van der Waals surface area contributed by atoms with Crippen LogP contribution in [0.15, 0.2) is 30.3 Å². The van der Waals surface area contributed by atoms with Gasteiger partial charge in [0.25, 0.3) is 0 Å². The SMILES string of the molecule is CCCCCCC=Cc1ccc(CCCCCC)cc1. The van der Waals surface area contributed by atoms with Crippen LogP contribution in [0.3, 0.4) is 0 Å². The summed E-state index contributed by atoms with van der Waals surface area (Å²) in [4.78, 5) is 0. The van der Waals surface area contributed by atoms with Crippen LogP contribution in [0.4, 0.5) is 0 Å². The lowest BCUT2D eigenvalue weighted by Gasteiger charge is -2.02. The molecule has 0 fully saturated rings. The first kappa shape index (κ1) is 17.0. The van der Waals surface area contributed by atoms with Crippen molar-refractivity contribution >= 4 is 6.08 Å². The molecule has 1 aromatic carbocycles. The zero-order valence-corrected chi connectivity index (χ0v) is 13.5. The number of benzene rings is 1. The van der Waals surface area contributed by atoms with E-state index in [-0.39, 0.29) is 0 Å². The molecule has 0 N–H and O–H groups in total. The molecule has 0 nitrogen and oxygen atoms in total. The lowest BCUT2D eigenvalue weighted by atomic mass is 10.0. The first-order chi connectivity index (χ1) is 9.86. The standard InChI is InChI=1S/C20H32/c1-3-5-7-9-10-12-14-20-17-15-19(16-18-20)13-11-8-6-4-2/h12,14-18H,3-11,13H2,1-2H3. The average molecular weight is 272 g/mol. The summed E-state index contributed by atoms with van der Waals surface area (Å²) in [6.07, 6.45) is 17.9. The van der Waals surface area contributed by atoms with Crippen LogP contribution in [0.2, 0.25) is 0 Å². The number of hydrogen-bond donors (Lipinski definition) is 0. The van der Waals surface area contributed by atoms with E-state index < -0.39 is 0 Å². The molecular formula is C20H32. The van der Waals surface area contributed by atoms with Gasteiger partial charge in [-0.1, -0.05) is 88.8 Å². The summed E-state index contributed by atoms with van der Waals surface area (Å²) in [6, 6.07) is 9.11. The molecular weight excluding hydrogens is 240 g/mol. The van der Waals surface area contributed by atoms with E-state index in [1.807, 2.05) is 0 Å². The molecule has 20 heavy (non-hydrogen) atoms. The monoisotopic (exact) mass is 272 g/mol. The Hall–Kier alpha value is -1.04. The molecule has 0 aliphatic carbocycles. The van der Waals surface area contributed by atoms with Gasteiger partial charge in [-0.2, -0.15) is 0 Å². The Labute approximate surface area is 126 Å². The molecule has 1 aromatic rings. The van der Waals surface area contributed by atoms with E-state index >= 15 is 0 Å². The summed E-state index contributed by atoms with van der Waals surface area (Å²) in [7, 11) is 0. The Morgan fingerprint density at radius 2 is 1.40 bits per heavy atom. The summed E-state index contributed by atoms with van der Waals surface area (Å²) < 4.78 is 0. The third-order valence-electron chi connectivity index (χ3n) is 3.83. The topological polar surface area (TPSA) is 0 Å². The maximum Gasteiger partial charge on any atom is -0.0260 e. The highest BCUT2D eigenvalue weighted by atomic mass is 14.0. The van der Waals surface area contributed by atoms with E-state index in [1.165, 1.54) is 75.3 Å². The molecule has 0 radical (unpaired) electrons. The van der Waals surface area contributed by atoms with Crippen molar-refractivity contribution in [2.75, 3.05) is 0 Å². The zero-order chi connectivity index (χ0) is 14.5. The fraction of sp³-hybridized carbons (Fsp3) is 0.600. The Balaban J connectivity index is 2.22. The van der Waals surface area contributed by atoms with Crippen molar-refractivity contribution in [3.63, 3.8) is 0 Å². The first-order valence-electron chi connectivity index (χ1n) is 8.62. The summed E-state index contributed by atoms with van der Waals surface area (Å²) in [6.45, 7) is 4.53. The number of aryl methyl sites for hydroxylation is 1. The van der Waals surface area contributed by atoms with Crippen molar-refractivity contribution < 1.29 is 0 Å². The molecule has 0 atom stereocenters. The number of unbranched alkanes of at least 4 members (excludes halogenated alkanes) is 7. The zero-order valence-electron chi connectivity index (χ0n) is 13.5. The molecule has 0 spiro atoms. The lowest BCUT2D eigenvalue weighted by Crippen LogP contribution is -1.85. The highest BCUT2D eigenvalue weighted by Gasteiger charge is 1.94. The van der Waals surface area contributed by atoms with Crippen molar-refractivity contribution in [2.24, 2.45) is 0 Å². The van der Waals surface area contributed by atoms with E-state index in [4.69, 9.17) is 0 Å². The van der Waals surface area contributed by atoms with Crippen LogP contribution in [0.25, 0.3) is 6.08 Å². The van der Waals surface area contributed by atoms with Gasteiger partial charge in [0.05, 0.1) is 0 Å². The molecule has 0 amide bonds. The van der Waals surface area contributed by atoms with Gasteiger partial charge in [0.15, 0.2) is 0 Å². The lowest BCUT2D eigenvalue weighted by molar-refractivity contribution is 0.667. The third kappa shape index (κ3) is 8.19. The summed E-state index contributed by atoms with van der Waals surface area (Å²) in [5, 5.41) is 0.